The van der Waals surface area contributed by atoms with Gasteiger partial charge in [-0.3, -0.25) is 0 Å². The predicted octanol–water partition coefficient (Wildman–Crippen LogP) is 6.46. The SMILES string of the molecule is C=C/C=C(\C=C/Nc1ccccc1)Nc1ccc2[nH]c3[pH]ccc3c2c1. The summed E-state index contributed by atoms with van der Waals surface area (Å²) in [5.41, 5.74) is 4.26. The van der Waals surface area contributed by atoms with Gasteiger partial charge in [0.15, 0.2) is 0 Å². The first kappa shape index (κ1) is 16.3. The largest absolute Gasteiger partial charge is 0.362 e. The fraction of sp³-hybridized carbons (Fsp3) is 0. The smallest absolute Gasteiger partial charge is 0.0628 e. The van der Waals surface area contributed by atoms with E-state index in [0.717, 1.165) is 25.3 Å². The fourth-order valence-corrected chi connectivity index (χ4v) is 3.98. The number of rotatable bonds is 6. The molecule has 0 spiro atoms. The number of nitrogens with one attached hydrogen (secondary N) is 3. The summed E-state index contributed by atoms with van der Waals surface area (Å²) in [6.45, 7) is 3.81. The van der Waals surface area contributed by atoms with Gasteiger partial charge in [-0.15, -0.1) is 8.19 Å². The predicted molar refractivity (Wildman–Crippen MR) is 116 cm³/mol. The van der Waals surface area contributed by atoms with E-state index in [1.165, 1.54) is 21.5 Å². The second-order valence-corrected chi connectivity index (χ2v) is 7.10. The van der Waals surface area contributed by atoms with Crippen LogP contribution in [0.2, 0.25) is 0 Å². The standard InChI is InChI=1S/C22H20N3P/c1-2-6-17(11-13-23-16-7-4-3-5-8-16)24-18-9-10-21-20(15-18)19-12-14-26-22(19)25-21/h2-15,23-26H,1H2/b13-11-,17-6+. The van der Waals surface area contributed by atoms with Gasteiger partial charge in [0.2, 0.25) is 0 Å². The lowest BCUT2D eigenvalue weighted by molar-refractivity contribution is 1.46. The summed E-state index contributed by atoms with van der Waals surface area (Å²) in [7, 11) is 0.741. The molecular formula is C22H20N3P. The van der Waals surface area contributed by atoms with Crippen LogP contribution < -0.4 is 10.6 Å². The fourth-order valence-electron chi connectivity index (χ4n) is 2.98. The number of hydrogen-bond acceptors (Lipinski definition) is 2. The summed E-state index contributed by atoms with van der Waals surface area (Å²) in [4.78, 5) is 3.50. The maximum atomic E-state index is 3.81. The Morgan fingerprint density at radius 2 is 1.88 bits per heavy atom. The highest BCUT2D eigenvalue weighted by Crippen LogP contribution is 2.33. The number of benzene rings is 2. The molecule has 3 N–H and O–H groups in total. The minimum Gasteiger partial charge on any atom is -0.362 e. The third kappa shape index (κ3) is 3.44. The minimum atomic E-state index is 0.741. The number of hydrogen-bond donors (Lipinski definition) is 3. The lowest BCUT2D eigenvalue weighted by atomic mass is 10.2. The second-order valence-electron chi connectivity index (χ2n) is 5.98. The van der Waals surface area contributed by atoms with Crippen molar-refractivity contribution in [3.05, 3.63) is 97.1 Å². The molecule has 0 aliphatic rings. The Morgan fingerprint density at radius 1 is 1.00 bits per heavy atom. The van der Waals surface area contributed by atoms with Gasteiger partial charge in [0.25, 0.3) is 0 Å². The Morgan fingerprint density at radius 3 is 2.73 bits per heavy atom. The monoisotopic (exact) mass is 357 g/mol. The van der Waals surface area contributed by atoms with Crippen molar-refractivity contribution in [2.24, 2.45) is 0 Å². The number of H-pyrrole nitrogens is 1. The zero-order chi connectivity index (χ0) is 17.8. The summed E-state index contributed by atoms with van der Waals surface area (Å²) < 4.78 is 0. The third-order valence-corrected chi connectivity index (χ3v) is 5.21. The van der Waals surface area contributed by atoms with Crippen molar-refractivity contribution in [3.63, 3.8) is 0 Å². The average Bonchev–Trinajstić information content (AvgIpc) is 3.24. The maximum Gasteiger partial charge on any atom is 0.0628 e. The molecule has 128 valence electrons. The summed E-state index contributed by atoms with van der Waals surface area (Å²) in [6.07, 6.45) is 7.66. The van der Waals surface area contributed by atoms with Crippen molar-refractivity contribution in [2.45, 2.75) is 0 Å². The molecule has 0 radical (unpaired) electrons. The van der Waals surface area contributed by atoms with Gasteiger partial charge < -0.3 is 15.6 Å². The number of aromatic nitrogens is 1. The Hall–Kier alpha value is -3.16. The lowest BCUT2D eigenvalue weighted by Gasteiger charge is -2.08. The topological polar surface area (TPSA) is 39.8 Å². The molecule has 2 aromatic carbocycles. The second kappa shape index (κ2) is 7.38. The Kier molecular flexibility index (Phi) is 4.63. The zero-order valence-corrected chi connectivity index (χ0v) is 15.3. The van der Waals surface area contributed by atoms with Crippen LogP contribution in [-0.4, -0.2) is 4.98 Å². The summed E-state index contributed by atoms with van der Waals surface area (Å²) in [5.74, 6) is 2.22. The number of aromatic amines is 1. The number of allylic oxidation sites excluding steroid dienone is 3. The van der Waals surface area contributed by atoms with Gasteiger partial charge in [0.1, 0.15) is 0 Å². The van der Waals surface area contributed by atoms with Crippen LogP contribution >= 0.6 is 8.19 Å². The molecule has 26 heavy (non-hydrogen) atoms. The van der Waals surface area contributed by atoms with Crippen LogP contribution in [0.4, 0.5) is 11.4 Å². The van der Waals surface area contributed by atoms with E-state index in [2.05, 4.69) is 52.3 Å². The van der Waals surface area contributed by atoms with Crippen LogP contribution in [0.15, 0.2) is 97.1 Å². The first-order chi connectivity index (χ1) is 12.8. The van der Waals surface area contributed by atoms with Crippen molar-refractivity contribution in [2.75, 3.05) is 10.6 Å². The molecule has 0 aliphatic carbocycles. The van der Waals surface area contributed by atoms with Crippen LogP contribution in [0.1, 0.15) is 0 Å². The van der Waals surface area contributed by atoms with Crippen molar-refractivity contribution in [1.82, 2.24) is 4.98 Å². The van der Waals surface area contributed by atoms with E-state index in [0.29, 0.717) is 0 Å². The highest BCUT2D eigenvalue weighted by molar-refractivity contribution is 7.36. The van der Waals surface area contributed by atoms with Crippen molar-refractivity contribution in [1.29, 1.82) is 0 Å². The Balaban J connectivity index is 1.55. The van der Waals surface area contributed by atoms with Crippen LogP contribution in [0, 0.1) is 0 Å². The normalized spacial score (nSPS) is 12.4. The number of fused-ring (bicyclic) bond motifs is 3. The van der Waals surface area contributed by atoms with Crippen LogP contribution in [0.5, 0.6) is 0 Å². The van der Waals surface area contributed by atoms with Crippen molar-refractivity contribution >= 4 is 41.1 Å². The summed E-state index contributed by atoms with van der Waals surface area (Å²) in [5, 5.41) is 10.6. The summed E-state index contributed by atoms with van der Waals surface area (Å²) in [6, 6.07) is 18.7. The van der Waals surface area contributed by atoms with E-state index >= 15 is 0 Å². The molecule has 0 bridgehead atoms. The van der Waals surface area contributed by atoms with E-state index in [9.17, 15) is 0 Å². The van der Waals surface area contributed by atoms with Crippen LogP contribution in [0.3, 0.4) is 0 Å². The van der Waals surface area contributed by atoms with Gasteiger partial charge in [0, 0.05) is 39.6 Å². The molecule has 0 fully saturated rings. The highest BCUT2D eigenvalue weighted by atomic mass is 31.0. The van der Waals surface area contributed by atoms with Gasteiger partial charge in [0.05, 0.1) is 5.25 Å². The van der Waals surface area contributed by atoms with Gasteiger partial charge in [-0.05, 0) is 54.3 Å². The van der Waals surface area contributed by atoms with E-state index < -0.39 is 0 Å². The van der Waals surface area contributed by atoms with Gasteiger partial charge in [-0.25, -0.2) is 0 Å². The van der Waals surface area contributed by atoms with Crippen LogP contribution in [-0.2, 0) is 0 Å². The van der Waals surface area contributed by atoms with Gasteiger partial charge in [-0.1, -0.05) is 30.9 Å². The third-order valence-electron chi connectivity index (χ3n) is 4.19. The molecule has 0 amide bonds. The molecular weight excluding hydrogens is 337 g/mol. The van der Waals surface area contributed by atoms with E-state index in [4.69, 9.17) is 0 Å². The molecule has 1 unspecified atom stereocenters. The molecule has 3 nitrogen and oxygen atoms in total. The molecule has 4 heteroatoms. The number of anilines is 2. The first-order valence-corrected chi connectivity index (χ1v) is 9.58. The van der Waals surface area contributed by atoms with Crippen molar-refractivity contribution in [3.8, 4) is 0 Å². The Bertz CT molecular complexity index is 1100. The molecule has 4 rings (SSSR count). The molecule has 0 saturated heterocycles. The van der Waals surface area contributed by atoms with E-state index in [1.54, 1.807) is 6.08 Å². The minimum absolute atomic E-state index is 0.741. The maximum absolute atomic E-state index is 3.81. The number of para-hydroxylation sites is 1. The van der Waals surface area contributed by atoms with Gasteiger partial charge in [-0.2, -0.15) is 0 Å². The van der Waals surface area contributed by atoms with E-state index in [-0.39, 0.29) is 0 Å². The van der Waals surface area contributed by atoms with E-state index in [1.807, 2.05) is 48.7 Å². The van der Waals surface area contributed by atoms with Crippen molar-refractivity contribution < 1.29 is 0 Å². The molecule has 2 heterocycles. The molecule has 0 saturated carbocycles. The Labute approximate surface area is 154 Å². The molecule has 1 atom stereocenters. The quantitative estimate of drug-likeness (QED) is 0.347. The van der Waals surface area contributed by atoms with Gasteiger partial charge >= 0.3 is 0 Å². The van der Waals surface area contributed by atoms with Crippen LogP contribution in [0.25, 0.3) is 21.5 Å². The molecule has 4 aromatic rings. The zero-order valence-electron chi connectivity index (χ0n) is 14.3. The molecule has 2 aromatic heterocycles. The highest BCUT2D eigenvalue weighted by Gasteiger charge is 2.05. The lowest BCUT2D eigenvalue weighted by Crippen LogP contribution is -1.97. The molecule has 0 aliphatic heterocycles. The summed E-state index contributed by atoms with van der Waals surface area (Å²) >= 11 is 0. The first-order valence-electron chi connectivity index (χ1n) is 8.50. The average molecular weight is 357 g/mol.